The van der Waals surface area contributed by atoms with Gasteiger partial charge in [0.1, 0.15) is 5.82 Å². The van der Waals surface area contributed by atoms with Crippen molar-refractivity contribution < 1.29 is 9.50 Å². The Hall–Kier alpha value is -0.930. The lowest BCUT2D eigenvalue weighted by atomic mass is 10.0. The Morgan fingerprint density at radius 3 is 2.50 bits per heavy atom. The van der Waals surface area contributed by atoms with E-state index < -0.39 is 0 Å². The minimum Gasteiger partial charge on any atom is -0.396 e. The topological polar surface area (TPSA) is 32.3 Å². The minimum atomic E-state index is -0.197. The molecule has 0 saturated heterocycles. The van der Waals surface area contributed by atoms with E-state index in [4.69, 9.17) is 5.11 Å². The number of unbranched alkanes of at least 4 members (excludes halogenated alkanes) is 1. The van der Waals surface area contributed by atoms with Crippen molar-refractivity contribution in [3.8, 4) is 0 Å². The monoisotopic (exact) mass is 253 g/mol. The van der Waals surface area contributed by atoms with Crippen LogP contribution in [0.5, 0.6) is 0 Å². The second-order valence-corrected chi connectivity index (χ2v) is 4.94. The summed E-state index contributed by atoms with van der Waals surface area (Å²) in [5.74, 6) is 0.0475. The summed E-state index contributed by atoms with van der Waals surface area (Å²) in [6.07, 6.45) is 3.33. The molecule has 1 rings (SSSR count). The van der Waals surface area contributed by atoms with E-state index in [9.17, 15) is 4.39 Å². The number of rotatable bonds is 8. The molecule has 0 aliphatic carbocycles. The van der Waals surface area contributed by atoms with Crippen LogP contribution in [0.25, 0.3) is 0 Å². The van der Waals surface area contributed by atoms with Crippen LogP contribution in [-0.2, 0) is 0 Å². The summed E-state index contributed by atoms with van der Waals surface area (Å²) in [6.45, 7) is 5.14. The molecule has 0 heterocycles. The Bertz CT molecular complexity index is 326. The molecule has 3 heteroatoms. The van der Waals surface area contributed by atoms with Gasteiger partial charge in [-0.25, -0.2) is 4.39 Å². The molecule has 2 nitrogen and oxygen atoms in total. The second kappa shape index (κ2) is 8.22. The summed E-state index contributed by atoms with van der Waals surface area (Å²) in [5.41, 5.74) is 1.12. The maximum atomic E-state index is 12.9. The van der Waals surface area contributed by atoms with Gasteiger partial charge in [0.2, 0.25) is 0 Å². The molecule has 0 aliphatic rings. The number of aliphatic hydroxyl groups is 1. The van der Waals surface area contributed by atoms with Gasteiger partial charge in [-0.05, 0) is 30.0 Å². The molecule has 18 heavy (non-hydrogen) atoms. The molecule has 0 bridgehead atoms. The Labute approximate surface area is 109 Å². The van der Waals surface area contributed by atoms with Crippen molar-refractivity contribution in [1.82, 2.24) is 5.32 Å². The van der Waals surface area contributed by atoms with Gasteiger partial charge in [-0.15, -0.1) is 0 Å². The van der Waals surface area contributed by atoms with Gasteiger partial charge in [-0.2, -0.15) is 0 Å². The Morgan fingerprint density at radius 2 is 1.94 bits per heavy atom. The van der Waals surface area contributed by atoms with Gasteiger partial charge in [0.25, 0.3) is 0 Å². The molecule has 102 valence electrons. The van der Waals surface area contributed by atoms with Crippen molar-refractivity contribution in [3.05, 3.63) is 35.6 Å². The smallest absolute Gasteiger partial charge is 0.123 e. The summed E-state index contributed by atoms with van der Waals surface area (Å²) in [6, 6.07) is 6.94. The van der Waals surface area contributed by atoms with Crippen LogP contribution in [0.4, 0.5) is 4.39 Å². The first-order chi connectivity index (χ1) is 8.67. The highest BCUT2D eigenvalue weighted by molar-refractivity contribution is 5.19. The van der Waals surface area contributed by atoms with Crippen LogP contribution in [0, 0.1) is 11.7 Å². The van der Waals surface area contributed by atoms with Crippen molar-refractivity contribution in [1.29, 1.82) is 0 Å². The molecule has 0 spiro atoms. The van der Waals surface area contributed by atoms with Gasteiger partial charge < -0.3 is 10.4 Å². The van der Waals surface area contributed by atoms with Gasteiger partial charge in [-0.3, -0.25) is 0 Å². The Kier molecular flexibility index (Phi) is 6.91. The summed E-state index contributed by atoms with van der Waals surface area (Å²) < 4.78 is 12.9. The van der Waals surface area contributed by atoms with E-state index >= 15 is 0 Å². The molecule has 1 aromatic carbocycles. The van der Waals surface area contributed by atoms with Gasteiger partial charge in [-0.1, -0.05) is 38.8 Å². The predicted molar refractivity (Wildman–Crippen MR) is 72.9 cm³/mol. The summed E-state index contributed by atoms with van der Waals surface area (Å²) in [7, 11) is 0. The van der Waals surface area contributed by atoms with Crippen molar-refractivity contribution >= 4 is 0 Å². The molecule has 2 N–H and O–H groups in total. The highest BCUT2D eigenvalue weighted by atomic mass is 19.1. The largest absolute Gasteiger partial charge is 0.396 e. The zero-order valence-electron chi connectivity index (χ0n) is 11.3. The van der Waals surface area contributed by atoms with Gasteiger partial charge in [0.05, 0.1) is 0 Å². The molecule has 0 amide bonds. The number of nitrogens with one attached hydrogen (secondary N) is 1. The number of hydrogen-bond acceptors (Lipinski definition) is 2. The number of hydrogen-bond donors (Lipinski definition) is 2. The minimum absolute atomic E-state index is 0.191. The molecular formula is C15H24FNO. The zero-order chi connectivity index (χ0) is 13.4. The SMILES string of the molecule is CCCCC(NCC(C)CO)c1ccc(F)cc1. The quantitative estimate of drug-likeness (QED) is 0.745. The second-order valence-electron chi connectivity index (χ2n) is 4.94. The third-order valence-electron chi connectivity index (χ3n) is 3.14. The summed E-state index contributed by atoms with van der Waals surface area (Å²) in [4.78, 5) is 0. The summed E-state index contributed by atoms with van der Waals surface area (Å²) >= 11 is 0. The summed E-state index contributed by atoms with van der Waals surface area (Å²) in [5, 5.41) is 12.5. The highest BCUT2D eigenvalue weighted by Gasteiger charge is 2.11. The fraction of sp³-hybridized carbons (Fsp3) is 0.600. The molecular weight excluding hydrogens is 229 g/mol. The van der Waals surface area contributed by atoms with Gasteiger partial charge in [0, 0.05) is 19.2 Å². The third-order valence-corrected chi connectivity index (χ3v) is 3.14. The van der Waals surface area contributed by atoms with Crippen molar-refractivity contribution in [2.75, 3.05) is 13.2 Å². The van der Waals surface area contributed by atoms with Gasteiger partial charge >= 0.3 is 0 Å². The number of aliphatic hydroxyl groups excluding tert-OH is 1. The normalized spacial score (nSPS) is 14.4. The van der Waals surface area contributed by atoms with Gasteiger partial charge in [0.15, 0.2) is 0 Å². The van der Waals surface area contributed by atoms with E-state index in [-0.39, 0.29) is 24.4 Å². The molecule has 0 aliphatic heterocycles. The van der Waals surface area contributed by atoms with Crippen LogP contribution in [0.1, 0.15) is 44.7 Å². The first-order valence-corrected chi connectivity index (χ1v) is 6.77. The van der Waals surface area contributed by atoms with Crippen LogP contribution in [-0.4, -0.2) is 18.3 Å². The number of benzene rings is 1. The van der Waals surface area contributed by atoms with Crippen LogP contribution in [0.2, 0.25) is 0 Å². The number of halogens is 1. The maximum Gasteiger partial charge on any atom is 0.123 e. The highest BCUT2D eigenvalue weighted by Crippen LogP contribution is 2.20. The van der Waals surface area contributed by atoms with Crippen LogP contribution in [0.15, 0.2) is 24.3 Å². The fourth-order valence-corrected chi connectivity index (χ4v) is 1.90. The lowest BCUT2D eigenvalue weighted by molar-refractivity contribution is 0.229. The molecule has 2 atom stereocenters. The van der Waals surface area contributed by atoms with E-state index in [0.29, 0.717) is 0 Å². The Morgan fingerprint density at radius 1 is 1.28 bits per heavy atom. The lowest BCUT2D eigenvalue weighted by Gasteiger charge is -2.21. The van der Waals surface area contributed by atoms with Crippen molar-refractivity contribution in [2.24, 2.45) is 5.92 Å². The van der Waals surface area contributed by atoms with Crippen LogP contribution >= 0.6 is 0 Å². The Balaban J connectivity index is 2.62. The molecule has 2 unspecified atom stereocenters. The average molecular weight is 253 g/mol. The van der Waals surface area contributed by atoms with E-state index in [1.54, 1.807) is 0 Å². The zero-order valence-corrected chi connectivity index (χ0v) is 11.3. The molecule has 0 saturated carbocycles. The van der Waals surface area contributed by atoms with Crippen LogP contribution < -0.4 is 5.32 Å². The van der Waals surface area contributed by atoms with E-state index in [0.717, 1.165) is 31.4 Å². The maximum absolute atomic E-state index is 12.9. The average Bonchev–Trinajstić information content (AvgIpc) is 2.40. The fourth-order valence-electron chi connectivity index (χ4n) is 1.90. The molecule has 0 radical (unpaired) electrons. The van der Waals surface area contributed by atoms with E-state index in [2.05, 4.69) is 12.2 Å². The van der Waals surface area contributed by atoms with Crippen LogP contribution in [0.3, 0.4) is 0 Å². The standard InChI is InChI=1S/C15H24FNO/c1-3-4-5-15(17-10-12(2)11-18)13-6-8-14(16)9-7-13/h6-9,12,15,17-18H,3-5,10-11H2,1-2H3. The lowest BCUT2D eigenvalue weighted by Crippen LogP contribution is -2.27. The van der Waals surface area contributed by atoms with E-state index in [1.807, 2.05) is 19.1 Å². The van der Waals surface area contributed by atoms with Crippen molar-refractivity contribution in [3.63, 3.8) is 0 Å². The molecule has 0 fully saturated rings. The first-order valence-electron chi connectivity index (χ1n) is 6.77. The molecule has 0 aromatic heterocycles. The first kappa shape index (κ1) is 15.1. The third kappa shape index (κ3) is 5.15. The van der Waals surface area contributed by atoms with Crippen molar-refractivity contribution in [2.45, 2.75) is 39.2 Å². The predicted octanol–water partition coefficient (Wildman–Crippen LogP) is 3.28. The van der Waals surface area contributed by atoms with E-state index in [1.165, 1.54) is 12.1 Å². The molecule has 1 aromatic rings.